The highest BCUT2D eigenvalue weighted by molar-refractivity contribution is 5.76. The van der Waals surface area contributed by atoms with Gasteiger partial charge in [-0.05, 0) is 5.41 Å². The van der Waals surface area contributed by atoms with E-state index in [0.717, 1.165) is 0 Å². The van der Waals surface area contributed by atoms with Gasteiger partial charge in [0.25, 0.3) is 0 Å². The van der Waals surface area contributed by atoms with Crippen LogP contribution in [0, 0.1) is 29.6 Å². The van der Waals surface area contributed by atoms with Gasteiger partial charge in [0.15, 0.2) is 0 Å². The van der Waals surface area contributed by atoms with Gasteiger partial charge in [0.05, 0.1) is 5.92 Å². The standard InChI is InChI=1S/C8H10O2/c1-4-5-6(7(9)10)8(5,2)3/h1,5-6H,2-3H3,(H,9,10)/t5-,6+/m1/s1. The molecule has 0 aromatic rings. The smallest absolute Gasteiger partial charge is 0.308 e. The summed E-state index contributed by atoms with van der Waals surface area (Å²) in [4.78, 5) is 10.5. The van der Waals surface area contributed by atoms with Crippen LogP contribution in [0.25, 0.3) is 0 Å². The summed E-state index contributed by atoms with van der Waals surface area (Å²) in [7, 11) is 0. The fourth-order valence-corrected chi connectivity index (χ4v) is 1.41. The first-order valence-electron chi connectivity index (χ1n) is 3.20. The summed E-state index contributed by atoms with van der Waals surface area (Å²) in [5, 5.41) is 8.59. The van der Waals surface area contributed by atoms with Crippen LogP contribution in [0.5, 0.6) is 0 Å². The molecule has 0 unspecified atom stereocenters. The zero-order chi connectivity index (χ0) is 7.94. The minimum atomic E-state index is -0.770. The Morgan fingerprint density at radius 2 is 2.20 bits per heavy atom. The van der Waals surface area contributed by atoms with Crippen LogP contribution in [0.2, 0.25) is 0 Å². The van der Waals surface area contributed by atoms with E-state index in [9.17, 15) is 4.79 Å². The molecule has 0 aromatic carbocycles. The summed E-state index contributed by atoms with van der Waals surface area (Å²) in [5.41, 5.74) is -0.180. The van der Waals surface area contributed by atoms with Crippen LogP contribution in [0.4, 0.5) is 0 Å². The molecular weight excluding hydrogens is 128 g/mol. The summed E-state index contributed by atoms with van der Waals surface area (Å²) in [6.45, 7) is 3.77. The molecule has 0 heterocycles. The van der Waals surface area contributed by atoms with E-state index in [1.807, 2.05) is 13.8 Å². The molecule has 54 valence electrons. The molecule has 1 fully saturated rings. The molecule has 1 rings (SSSR count). The first-order chi connectivity index (χ1) is 4.51. The van der Waals surface area contributed by atoms with Gasteiger partial charge >= 0.3 is 5.97 Å². The first-order valence-corrected chi connectivity index (χ1v) is 3.20. The summed E-state index contributed by atoms with van der Waals surface area (Å²) in [6.07, 6.45) is 5.12. The third-order valence-corrected chi connectivity index (χ3v) is 2.27. The number of hydrogen-bond acceptors (Lipinski definition) is 1. The maximum absolute atomic E-state index is 10.5. The first kappa shape index (κ1) is 7.14. The van der Waals surface area contributed by atoms with Crippen LogP contribution in [0.1, 0.15) is 13.8 Å². The number of carbonyl (C=O) groups is 1. The van der Waals surface area contributed by atoms with Gasteiger partial charge in [-0.25, -0.2) is 0 Å². The van der Waals surface area contributed by atoms with Crippen molar-refractivity contribution in [2.75, 3.05) is 0 Å². The van der Waals surface area contributed by atoms with Crippen LogP contribution < -0.4 is 0 Å². The topological polar surface area (TPSA) is 37.3 Å². The van der Waals surface area contributed by atoms with Crippen LogP contribution in [0.3, 0.4) is 0 Å². The predicted octanol–water partition coefficient (Wildman–Crippen LogP) is 0.976. The van der Waals surface area contributed by atoms with Gasteiger partial charge in [0, 0.05) is 5.92 Å². The van der Waals surface area contributed by atoms with Gasteiger partial charge in [-0.1, -0.05) is 13.8 Å². The van der Waals surface area contributed by atoms with Gasteiger partial charge in [0.1, 0.15) is 0 Å². The van der Waals surface area contributed by atoms with E-state index in [1.54, 1.807) is 0 Å². The van der Waals surface area contributed by atoms with Crippen molar-refractivity contribution in [2.45, 2.75) is 13.8 Å². The van der Waals surface area contributed by atoms with Crippen LogP contribution in [-0.4, -0.2) is 11.1 Å². The van der Waals surface area contributed by atoms with Crippen LogP contribution >= 0.6 is 0 Å². The number of hydrogen-bond donors (Lipinski definition) is 1. The molecule has 0 saturated heterocycles. The molecule has 2 atom stereocenters. The Labute approximate surface area is 60.2 Å². The molecule has 1 aliphatic carbocycles. The van der Waals surface area contributed by atoms with E-state index in [-0.39, 0.29) is 17.3 Å². The average molecular weight is 138 g/mol. The molecule has 1 N–H and O–H groups in total. The largest absolute Gasteiger partial charge is 0.481 e. The van der Waals surface area contributed by atoms with E-state index < -0.39 is 5.97 Å². The Bertz CT molecular complexity index is 210. The molecule has 10 heavy (non-hydrogen) atoms. The van der Waals surface area contributed by atoms with Gasteiger partial charge in [-0.15, -0.1) is 12.3 Å². The predicted molar refractivity (Wildman–Crippen MR) is 37.2 cm³/mol. The molecule has 0 bridgehead atoms. The summed E-state index contributed by atoms with van der Waals surface area (Å²) >= 11 is 0. The number of carboxylic acids is 1. The Morgan fingerprint density at radius 1 is 1.70 bits per heavy atom. The SMILES string of the molecule is C#C[C@@H]1[C@@H](C(=O)O)C1(C)C. The highest BCUT2D eigenvalue weighted by Crippen LogP contribution is 2.57. The molecule has 0 aliphatic heterocycles. The maximum atomic E-state index is 10.5. The molecule has 1 saturated carbocycles. The Hall–Kier alpha value is -0.970. The molecule has 0 radical (unpaired) electrons. The molecule has 2 nitrogen and oxygen atoms in total. The van der Waals surface area contributed by atoms with Crippen molar-refractivity contribution in [1.29, 1.82) is 0 Å². The quantitative estimate of drug-likeness (QED) is 0.548. The lowest BCUT2D eigenvalue weighted by atomic mass is 10.1. The molecule has 0 spiro atoms. The second-order valence-electron chi connectivity index (χ2n) is 3.28. The maximum Gasteiger partial charge on any atom is 0.308 e. The fraction of sp³-hybridized carbons (Fsp3) is 0.625. The van der Waals surface area contributed by atoms with Crippen molar-refractivity contribution < 1.29 is 9.90 Å². The van der Waals surface area contributed by atoms with E-state index in [4.69, 9.17) is 11.5 Å². The number of carboxylic acid groups (broad SMARTS) is 1. The summed E-state index contributed by atoms with van der Waals surface area (Å²) in [6, 6.07) is 0. The molecular formula is C8H10O2. The molecule has 0 aromatic heterocycles. The van der Waals surface area contributed by atoms with Crippen LogP contribution in [-0.2, 0) is 4.79 Å². The van der Waals surface area contributed by atoms with Gasteiger partial charge < -0.3 is 5.11 Å². The lowest BCUT2D eigenvalue weighted by Crippen LogP contribution is -2.02. The third kappa shape index (κ3) is 0.706. The Balaban J connectivity index is 2.73. The highest BCUT2D eigenvalue weighted by atomic mass is 16.4. The van der Waals surface area contributed by atoms with E-state index in [1.165, 1.54) is 0 Å². The van der Waals surface area contributed by atoms with Crippen molar-refractivity contribution in [3.05, 3.63) is 0 Å². The van der Waals surface area contributed by atoms with Gasteiger partial charge in [-0.2, -0.15) is 0 Å². The van der Waals surface area contributed by atoms with Crippen molar-refractivity contribution in [2.24, 2.45) is 17.3 Å². The Morgan fingerprint density at radius 3 is 2.30 bits per heavy atom. The molecule has 1 aliphatic rings. The van der Waals surface area contributed by atoms with Gasteiger partial charge in [0.2, 0.25) is 0 Å². The minimum absolute atomic E-state index is 0.0648. The van der Waals surface area contributed by atoms with Crippen molar-refractivity contribution in [3.63, 3.8) is 0 Å². The Kier molecular flexibility index (Phi) is 1.25. The summed E-state index contributed by atoms with van der Waals surface area (Å²) < 4.78 is 0. The monoisotopic (exact) mass is 138 g/mol. The highest BCUT2D eigenvalue weighted by Gasteiger charge is 2.61. The number of aliphatic carboxylic acids is 1. The number of terminal acetylenes is 1. The van der Waals surface area contributed by atoms with E-state index >= 15 is 0 Å². The van der Waals surface area contributed by atoms with Crippen molar-refractivity contribution >= 4 is 5.97 Å². The number of rotatable bonds is 1. The molecule has 0 amide bonds. The lowest BCUT2D eigenvalue weighted by molar-refractivity contribution is -0.139. The van der Waals surface area contributed by atoms with Gasteiger partial charge in [-0.3, -0.25) is 4.79 Å². The third-order valence-electron chi connectivity index (χ3n) is 2.27. The van der Waals surface area contributed by atoms with Crippen LogP contribution in [0.15, 0.2) is 0 Å². The van der Waals surface area contributed by atoms with Crippen molar-refractivity contribution in [1.82, 2.24) is 0 Å². The second kappa shape index (κ2) is 1.76. The summed E-state index contributed by atoms with van der Waals surface area (Å²) in [5.74, 6) is 1.32. The fourth-order valence-electron chi connectivity index (χ4n) is 1.41. The zero-order valence-electron chi connectivity index (χ0n) is 6.09. The zero-order valence-corrected chi connectivity index (χ0v) is 6.09. The normalized spacial score (nSPS) is 34.5. The lowest BCUT2D eigenvalue weighted by Gasteiger charge is -1.94. The van der Waals surface area contributed by atoms with Crippen molar-refractivity contribution in [3.8, 4) is 12.3 Å². The van der Waals surface area contributed by atoms with E-state index in [2.05, 4.69) is 5.92 Å². The molecule has 2 heteroatoms. The minimum Gasteiger partial charge on any atom is -0.481 e. The second-order valence-corrected chi connectivity index (χ2v) is 3.28. The average Bonchev–Trinajstić information content (AvgIpc) is 2.33. The van der Waals surface area contributed by atoms with E-state index in [0.29, 0.717) is 0 Å².